The van der Waals surface area contributed by atoms with Crippen LogP contribution in [0.4, 0.5) is 5.95 Å². The van der Waals surface area contributed by atoms with E-state index in [9.17, 15) is 4.79 Å². The van der Waals surface area contributed by atoms with Gasteiger partial charge in [-0.1, -0.05) is 81.6 Å². The van der Waals surface area contributed by atoms with Crippen LogP contribution in [-0.4, -0.2) is 33.8 Å². The first-order valence-electron chi connectivity index (χ1n) is 14.7. The fourth-order valence-corrected chi connectivity index (χ4v) is 7.26. The lowest BCUT2D eigenvalue weighted by molar-refractivity contribution is -0.118. The second-order valence-electron chi connectivity index (χ2n) is 11.6. The lowest BCUT2D eigenvalue weighted by Gasteiger charge is -2.38. The number of allylic oxidation sites excluding steroid dienone is 2. The number of thioether (sulfide) groups is 1. The molecule has 1 atom stereocenters. The third-order valence-corrected chi connectivity index (χ3v) is 9.36. The molecule has 1 aromatic heterocycles. The Bertz CT molecular complexity index is 1490. The second-order valence-corrected chi connectivity index (χ2v) is 13.8. The van der Waals surface area contributed by atoms with Crippen molar-refractivity contribution in [2.24, 2.45) is 5.41 Å². The van der Waals surface area contributed by atoms with Crippen molar-refractivity contribution in [1.82, 2.24) is 14.8 Å². The molecule has 7 nitrogen and oxygen atoms in total. The van der Waals surface area contributed by atoms with Crippen LogP contribution in [0.2, 0.25) is 5.02 Å². The number of anilines is 1. The largest absolute Gasteiger partial charge is 0.490 e. The van der Waals surface area contributed by atoms with Crippen molar-refractivity contribution in [3.8, 4) is 11.5 Å². The van der Waals surface area contributed by atoms with Crippen molar-refractivity contribution < 1.29 is 14.3 Å². The predicted molar refractivity (Wildman–Crippen MR) is 173 cm³/mol. The quantitative estimate of drug-likeness (QED) is 0.152. The van der Waals surface area contributed by atoms with E-state index in [0.717, 1.165) is 51.2 Å². The topological polar surface area (TPSA) is 78.3 Å². The van der Waals surface area contributed by atoms with Crippen LogP contribution in [-0.2, 0) is 10.5 Å². The lowest BCUT2D eigenvalue weighted by atomic mass is 9.73. The molecule has 0 amide bonds. The van der Waals surface area contributed by atoms with Gasteiger partial charge < -0.3 is 14.8 Å². The summed E-state index contributed by atoms with van der Waals surface area (Å²) in [6.45, 7) is 9.53. The number of ketones is 1. The number of nitrogens with zero attached hydrogens (tertiary/aromatic N) is 3. The molecule has 0 saturated carbocycles. The summed E-state index contributed by atoms with van der Waals surface area (Å²) in [4.78, 5) is 18.6. The van der Waals surface area contributed by atoms with Gasteiger partial charge >= 0.3 is 0 Å². The zero-order chi connectivity index (χ0) is 29.9. The molecule has 0 radical (unpaired) electrons. The van der Waals surface area contributed by atoms with Gasteiger partial charge in [-0.25, -0.2) is 4.68 Å². The number of benzene rings is 2. The maximum atomic E-state index is 13.7. The molecule has 2 heterocycles. The Hall–Kier alpha value is -2.49. The molecule has 0 fully saturated rings. The molecule has 0 spiro atoms. The third-order valence-electron chi connectivity index (χ3n) is 7.52. The summed E-state index contributed by atoms with van der Waals surface area (Å²) in [6, 6.07) is 11.4. The average molecular weight is 674 g/mol. The number of aromatic nitrogens is 3. The van der Waals surface area contributed by atoms with E-state index in [0.29, 0.717) is 48.0 Å². The van der Waals surface area contributed by atoms with Crippen LogP contribution >= 0.6 is 39.3 Å². The molecule has 2 aromatic carbocycles. The maximum absolute atomic E-state index is 13.7. The van der Waals surface area contributed by atoms with Crippen molar-refractivity contribution in [3.63, 3.8) is 0 Å². The minimum absolute atomic E-state index is 0.121. The van der Waals surface area contributed by atoms with Gasteiger partial charge in [0.2, 0.25) is 11.1 Å². The van der Waals surface area contributed by atoms with E-state index in [-0.39, 0.29) is 11.2 Å². The molecule has 0 saturated heterocycles. The van der Waals surface area contributed by atoms with Crippen LogP contribution in [0.15, 0.2) is 57.3 Å². The molecule has 3 aromatic rings. The van der Waals surface area contributed by atoms with Gasteiger partial charge in [-0.2, -0.15) is 4.98 Å². The molecule has 224 valence electrons. The van der Waals surface area contributed by atoms with Crippen molar-refractivity contribution in [3.05, 3.63) is 68.3 Å². The Morgan fingerprint density at radius 2 is 1.95 bits per heavy atom. The molecule has 0 bridgehead atoms. The number of fused-ring (bicyclic) bond motifs is 1. The first-order chi connectivity index (χ1) is 20.2. The van der Waals surface area contributed by atoms with Crippen LogP contribution in [0.1, 0.15) is 83.4 Å². The summed E-state index contributed by atoms with van der Waals surface area (Å²) in [5, 5.41) is 9.71. The number of rotatable bonds is 12. The molecule has 1 aliphatic heterocycles. The Balaban J connectivity index is 1.52. The summed E-state index contributed by atoms with van der Waals surface area (Å²) >= 11 is 11.7. The summed E-state index contributed by atoms with van der Waals surface area (Å²) in [6.07, 6.45) is 5.71. The molecule has 1 unspecified atom stereocenters. The fraction of sp³-hybridized carbons (Fsp3) is 0.469. The molecule has 1 N–H and O–H groups in total. The predicted octanol–water partition coefficient (Wildman–Crippen LogP) is 9.00. The Morgan fingerprint density at radius 3 is 2.71 bits per heavy atom. The highest BCUT2D eigenvalue weighted by Crippen LogP contribution is 2.48. The van der Waals surface area contributed by atoms with Gasteiger partial charge in [0.15, 0.2) is 17.3 Å². The molecule has 42 heavy (non-hydrogen) atoms. The number of halogens is 2. The van der Waals surface area contributed by atoms with Crippen LogP contribution in [0.25, 0.3) is 0 Å². The number of hydrogen-bond donors (Lipinski definition) is 1. The number of carbonyl (C=O) groups excluding carboxylic acids is 1. The SMILES string of the molecule is CCCCCCOc1c(Br)cc(C2C3=C(CC(C)(C)CC3=O)Nc3nc(SCc4ccccc4Cl)nn32)cc1OCC. The van der Waals surface area contributed by atoms with Gasteiger partial charge in [0.05, 0.1) is 17.7 Å². The molecular formula is C32H38BrClN4O3S. The van der Waals surface area contributed by atoms with E-state index in [2.05, 4.69) is 42.0 Å². The molecule has 10 heteroatoms. The Labute approximate surface area is 265 Å². The minimum Gasteiger partial charge on any atom is -0.490 e. The maximum Gasteiger partial charge on any atom is 0.227 e. The van der Waals surface area contributed by atoms with Gasteiger partial charge in [0.25, 0.3) is 0 Å². The second kappa shape index (κ2) is 13.4. The van der Waals surface area contributed by atoms with Crippen molar-refractivity contribution in [1.29, 1.82) is 0 Å². The highest BCUT2D eigenvalue weighted by molar-refractivity contribution is 9.10. The monoisotopic (exact) mass is 672 g/mol. The number of hydrogen-bond acceptors (Lipinski definition) is 7. The zero-order valence-corrected chi connectivity index (χ0v) is 27.8. The Kier molecular flexibility index (Phi) is 9.90. The van der Waals surface area contributed by atoms with E-state index in [1.54, 1.807) is 0 Å². The van der Waals surface area contributed by atoms with E-state index in [1.807, 2.05) is 48.0 Å². The van der Waals surface area contributed by atoms with Crippen LogP contribution in [0, 0.1) is 5.41 Å². The van der Waals surface area contributed by atoms with Crippen LogP contribution < -0.4 is 14.8 Å². The van der Waals surface area contributed by atoms with Gasteiger partial charge in [0.1, 0.15) is 6.04 Å². The van der Waals surface area contributed by atoms with Crippen molar-refractivity contribution in [2.45, 2.75) is 83.2 Å². The number of nitrogens with one attached hydrogen (secondary N) is 1. The van der Waals surface area contributed by atoms with E-state index < -0.39 is 6.04 Å². The van der Waals surface area contributed by atoms with Crippen LogP contribution in [0.5, 0.6) is 11.5 Å². The average Bonchev–Trinajstić information content (AvgIpc) is 3.34. The van der Waals surface area contributed by atoms with Gasteiger partial charge in [-0.3, -0.25) is 4.79 Å². The smallest absolute Gasteiger partial charge is 0.227 e. The van der Waals surface area contributed by atoms with E-state index in [1.165, 1.54) is 24.6 Å². The summed E-state index contributed by atoms with van der Waals surface area (Å²) < 4.78 is 14.9. The fourth-order valence-electron chi connectivity index (χ4n) is 5.57. The lowest BCUT2D eigenvalue weighted by Crippen LogP contribution is -2.36. The standard InChI is InChI=1S/C32H38BrClN4O3S/c1-5-7-8-11-14-41-29-22(33)15-21(16-26(29)40-6-2)28-27-24(17-32(3,4)18-25(27)39)35-30-36-31(37-38(28)30)42-19-20-12-9-10-13-23(20)34/h9-10,12-13,15-16,28H,5-8,11,14,17-19H2,1-4H3,(H,35,36,37). The van der Waals surface area contributed by atoms with Crippen LogP contribution in [0.3, 0.4) is 0 Å². The minimum atomic E-state index is -0.448. The van der Waals surface area contributed by atoms with Gasteiger partial charge in [-0.15, -0.1) is 5.10 Å². The summed E-state index contributed by atoms with van der Waals surface area (Å²) in [7, 11) is 0. The number of Topliss-reactive ketones (excluding diaryl/α,β-unsaturated/α-hetero) is 1. The van der Waals surface area contributed by atoms with Crippen molar-refractivity contribution in [2.75, 3.05) is 18.5 Å². The molecule has 5 rings (SSSR count). The highest BCUT2D eigenvalue weighted by atomic mass is 79.9. The first-order valence-corrected chi connectivity index (χ1v) is 16.8. The molecular weight excluding hydrogens is 636 g/mol. The zero-order valence-electron chi connectivity index (χ0n) is 24.6. The normalized spacial score (nSPS) is 17.5. The van der Waals surface area contributed by atoms with E-state index in [4.69, 9.17) is 31.2 Å². The first kappa shape index (κ1) is 31.0. The number of unbranched alkanes of at least 4 members (excludes halogenated alkanes) is 3. The summed E-state index contributed by atoms with van der Waals surface area (Å²) in [5.41, 5.74) is 3.40. The molecule has 1 aliphatic carbocycles. The number of carbonyl (C=O) groups is 1. The van der Waals surface area contributed by atoms with E-state index >= 15 is 0 Å². The molecule has 2 aliphatic rings. The summed E-state index contributed by atoms with van der Waals surface area (Å²) in [5.74, 6) is 2.71. The van der Waals surface area contributed by atoms with Crippen molar-refractivity contribution >= 4 is 51.0 Å². The Morgan fingerprint density at radius 1 is 1.14 bits per heavy atom. The highest BCUT2D eigenvalue weighted by Gasteiger charge is 2.42. The number of ether oxygens (including phenoxy) is 2. The third kappa shape index (κ3) is 6.84. The van der Waals surface area contributed by atoms with Gasteiger partial charge in [0, 0.05) is 28.5 Å². The van der Waals surface area contributed by atoms with Gasteiger partial charge in [-0.05, 0) is 70.4 Å².